The van der Waals surface area contributed by atoms with Gasteiger partial charge in [0.1, 0.15) is 6.61 Å². The molecule has 4 aromatic rings. The van der Waals surface area contributed by atoms with Crippen molar-refractivity contribution in [1.29, 1.82) is 0 Å². The van der Waals surface area contributed by atoms with E-state index in [-0.39, 0.29) is 17.9 Å². The van der Waals surface area contributed by atoms with Crippen LogP contribution in [0.3, 0.4) is 0 Å². The maximum atomic E-state index is 13.4. The van der Waals surface area contributed by atoms with E-state index in [2.05, 4.69) is 15.0 Å². The molecule has 2 N–H and O–H groups in total. The standard InChI is InChI=1S/C24H21F3N4O/c1-3-32-13-21-30-20-11-15(22-14(2)5-4-10-29-22)6-8-17(20)23(31-21)18-12-16(24(25,26)27)7-9-19(18)28/h4-12H,3,13,28H2,1-2H3. The molecule has 0 unspecified atom stereocenters. The summed E-state index contributed by atoms with van der Waals surface area (Å²) in [6.45, 7) is 4.39. The van der Waals surface area contributed by atoms with E-state index in [9.17, 15) is 13.2 Å². The number of hydrogen-bond acceptors (Lipinski definition) is 5. The number of nitrogen functional groups attached to an aromatic ring is 1. The van der Waals surface area contributed by atoms with Gasteiger partial charge in [0.15, 0.2) is 5.82 Å². The molecule has 0 saturated carbocycles. The van der Waals surface area contributed by atoms with Gasteiger partial charge in [-0.3, -0.25) is 4.98 Å². The van der Waals surface area contributed by atoms with E-state index in [4.69, 9.17) is 10.5 Å². The molecular formula is C24H21F3N4O. The van der Waals surface area contributed by atoms with Crippen molar-refractivity contribution in [3.8, 4) is 22.5 Å². The molecule has 32 heavy (non-hydrogen) atoms. The summed E-state index contributed by atoms with van der Waals surface area (Å²) < 4.78 is 45.5. The second kappa shape index (κ2) is 8.55. The lowest BCUT2D eigenvalue weighted by Crippen LogP contribution is -2.07. The summed E-state index contributed by atoms with van der Waals surface area (Å²) in [6.07, 6.45) is -2.79. The highest BCUT2D eigenvalue weighted by atomic mass is 19.4. The molecule has 2 heterocycles. The molecule has 164 valence electrons. The first-order chi connectivity index (χ1) is 15.3. The third-order valence-corrected chi connectivity index (χ3v) is 5.10. The number of ether oxygens (including phenoxy) is 1. The summed E-state index contributed by atoms with van der Waals surface area (Å²) in [5, 5.41) is 0.591. The zero-order chi connectivity index (χ0) is 22.9. The summed E-state index contributed by atoms with van der Waals surface area (Å²) in [4.78, 5) is 13.5. The second-order valence-corrected chi connectivity index (χ2v) is 7.33. The molecule has 0 bridgehead atoms. The molecule has 2 aromatic carbocycles. The van der Waals surface area contributed by atoms with Crippen LogP contribution in [0.25, 0.3) is 33.4 Å². The first-order valence-electron chi connectivity index (χ1n) is 10.1. The summed E-state index contributed by atoms with van der Waals surface area (Å²) in [5.74, 6) is 0.362. The molecule has 2 aromatic heterocycles. The van der Waals surface area contributed by atoms with E-state index in [1.807, 2.05) is 38.1 Å². The Morgan fingerprint density at radius 3 is 2.53 bits per heavy atom. The van der Waals surface area contributed by atoms with Crippen molar-refractivity contribution in [3.63, 3.8) is 0 Å². The largest absolute Gasteiger partial charge is 0.416 e. The normalized spacial score (nSPS) is 11.8. The van der Waals surface area contributed by atoms with Gasteiger partial charge in [0, 0.05) is 35.0 Å². The number of nitrogens with zero attached hydrogens (tertiary/aromatic N) is 3. The highest BCUT2D eigenvalue weighted by molar-refractivity contribution is 5.97. The highest BCUT2D eigenvalue weighted by Crippen LogP contribution is 2.37. The lowest BCUT2D eigenvalue weighted by Gasteiger charge is -2.14. The third kappa shape index (κ3) is 4.27. The van der Waals surface area contributed by atoms with E-state index < -0.39 is 11.7 Å². The molecular weight excluding hydrogens is 417 g/mol. The minimum atomic E-state index is -4.50. The molecule has 8 heteroatoms. The van der Waals surface area contributed by atoms with Gasteiger partial charge < -0.3 is 10.5 Å². The van der Waals surface area contributed by atoms with Crippen LogP contribution in [0.4, 0.5) is 18.9 Å². The Balaban J connectivity index is 1.95. The van der Waals surface area contributed by atoms with Crippen molar-refractivity contribution in [2.75, 3.05) is 12.3 Å². The van der Waals surface area contributed by atoms with Crippen LogP contribution >= 0.6 is 0 Å². The molecule has 0 saturated heterocycles. The van der Waals surface area contributed by atoms with Gasteiger partial charge in [-0.2, -0.15) is 13.2 Å². The van der Waals surface area contributed by atoms with Crippen molar-refractivity contribution in [1.82, 2.24) is 15.0 Å². The van der Waals surface area contributed by atoms with Gasteiger partial charge in [0.05, 0.1) is 22.5 Å². The summed E-state index contributed by atoms with van der Waals surface area (Å²) in [5.41, 5.74) is 9.24. The fraction of sp³-hybridized carbons (Fsp3) is 0.208. The summed E-state index contributed by atoms with van der Waals surface area (Å²) in [7, 11) is 0. The number of pyridine rings is 1. The molecule has 0 radical (unpaired) electrons. The lowest BCUT2D eigenvalue weighted by molar-refractivity contribution is -0.137. The number of aromatic nitrogens is 3. The fourth-order valence-corrected chi connectivity index (χ4v) is 3.51. The van der Waals surface area contributed by atoms with Gasteiger partial charge in [-0.25, -0.2) is 9.97 Å². The van der Waals surface area contributed by atoms with E-state index in [0.29, 0.717) is 29.0 Å². The molecule has 0 aliphatic heterocycles. The van der Waals surface area contributed by atoms with Crippen molar-refractivity contribution in [2.24, 2.45) is 0 Å². The number of hydrogen-bond donors (Lipinski definition) is 1. The molecule has 4 rings (SSSR count). The van der Waals surface area contributed by atoms with Gasteiger partial charge in [-0.1, -0.05) is 12.1 Å². The Morgan fingerprint density at radius 2 is 1.81 bits per heavy atom. The molecule has 0 atom stereocenters. The average molecular weight is 438 g/mol. The second-order valence-electron chi connectivity index (χ2n) is 7.33. The van der Waals surface area contributed by atoms with Gasteiger partial charge >= 0.3 is 6.18 Å². The van der Waals surface area contributed by atoms with Crippen LogP contribution in [0.2, 0.25) is 0 Å². The molecule has 0 aliphatic carbocycles. The minimum absolute atomic E-state index is 0.130. The molecule has 0 fully saturated rings. The van der Waals surface area contributed by atoms with Gasteiger partial charge in [0.2, 0.25) is 0 Å². The average Bonchev–Trinajstić information content (AvgIpc) is 2.76. The van der Waals surface area contributed by atoms with Crippen LogP contribution in [0.1, 0.15) is 23.9 Å². The maximum Gasteiger partial charge on any atom is 0.416 e. The number of fused-ring (bicyclic) bond motifs is 1. The number of benzene rings is 2. The monoisotopic (exact) mass is 438 g/mol. The fourth-order valence-electron chi connectivity index (χ4n) is 3.51. The first-order valence-corrected chi connectivity index (χ1v) is 10.1. The Labute approximate surface area is 183 Å². The topological polar surface area (TPSA) is 73.9 Å². The predicted molar refractivity (Wildman–Crippen MR) is 118 cm³/mol. The summed E-state index contributed by atoms with van der Waals surface area (Å²) in [6, 6.07) is 12.6. The van der Waals surface area contributed by atoms with Crippen molar-refractivity contribution in [3.05, 3.63) is 71.7 Å². The summed E-state index contributed by atoms with van der Waals surface area (Å²) >= 11 is 0. The number of rotatable bonds is 5. The smallest absolute Gasteiger partial charge is 0.398 e. The zero-order valence-electron chi connectivity index (χ0n) is 17.6. The van der Waals surface area contributed by atoms with Crippen LogP contribution in [0, 0.1) is 6.92 Å². The van der Waals surface area contributed by atoms with Crippen molar-refractivity contribution in [2.45, 2.75) is 26.6 Å². The Morgan fingerprint density at radius 1 is 1.00 bits per heavy atom. The van der Waals surface area contributed by atoms with E-state index in [0.717, 1.165) is 29.0 Å². The van der Waals surface area contributed by atoms with Gasteiger partial charge in [-0.15, -0.1) is 0 Å². The Hall–Kier alpha value is -3.52. The minimum Gasteiger partial charge on any atom is -0.398 e. The van der Waals surface area contributed by atoms with Crippen LogP contribution in [0.5, 0.6) is 0 Å². The van der Waals surface area contributed by atoms with E-state index >= 15 is 0 Å². The molecule has 0 amide bonds. The molecule has 5 nitrogen and oxygen atoms in total. The van der Waals surface area contributed by atoms with Crippen molar-refractivity contribution >= 4 is 16.6 Å². The SMILES string of the molecule is CCOCc1nc(-c2cc(C(F)(F)F)ccc2N)c2ccc(-c3ncccc3C)cc2n1. The predicted octanol–water partition coefficient (Wildman–Crippen LogP) is 5.80. The van der Waals surface area contributed by atoms with Gasteiger partial charge in [0.25, 0.3) is 0 Å². The molecule has 0 aliphatic rings. The van der Waals surface area contributed by atoms with Crippen molar-refractivity contribution < 1.29 is 17.9 Å². The van der Waals surface area contributed by atoms with Crippen LogP contribution < -0.4 is 5.73 Å². The zero-order valence-corrected chi connectivity index (χ0v) is 17.6. The number of alkyl halides is 3. The molecule has 0 spiro atoms. The van der Waals surface area contributed by atoms with Gasteiger partial charge in [-0.05, 0) is 55.8 Å². The number of nitrogens with two attached hydrogens (primary N) is 1. The van der Waals surface area contributed by atoms with Crippen LogP contribution in [-0.2, 0) is 17.5 Å². The maximum absolute atomic E-state index is 13.4. The Bertz CT molecular complexity index is 1290. The number of aryl methyl sites for hydroxylation is 1. The van der Waals surface area contributed by atoms with Crippen LogP contribution in [0.15, 0.2) is 54.7 Å². The van der Waals surface area contributed by atoms with E-state index in [1.165, 1.54) is 6.07 Å². The highest BCUT2D eigenvalue weighted by Gasteiger charge is 2.31. The third-order valence-electron chi connectivity index (χ3n) is 5.10. The first kappa shape index (κ1) is 21.7. The lowest BCUT2D eigenvalue weighted by atomic mass is 9.99. The van der Waals surface area contributed by atoms with E-state index in [1.54, 1.807) is 12.3 Å². The van der Waals surface area contributed by atoms with Crippen LogP contribution in [-0.4, -0.2) is 21.6 Å². The Kier molecular flexibility index (Phi) is 5.80. The number of anilines is 1. The number of halogens is 3. The quantitative estimate of drug-likeness (QED) is 0.398.